The number of benzene rings is 2. The summed E-state index contributed by atoms with van der Waals surface area (Å²) in [6.45, 7) is 3.50. The molecule has 3 aromatic rings. The van der Waals surface area contributed by atoms with Crippen molar-refractivity contribution in [1.29, 1.82) is 0 Å². The third-order valence-electron chi connectivity index (χ3n) is 6.99. The van der Waals surface area contributed by atoms with Gasteiger partial charge in [0, 0.05) is 11.8 Å². The van der Waals surface area contributed by atoms with Crippen molar-refractivity contribution in [3.05, 3.63) is 93.3 Å². The molecule has 2 aromatic carbocycles. The fourth-order valence-electron chi connectivity index (χ4n) is 4.98. The Bertz CT molecular complexity index is 1240. The fraction of sp³-hybridized carbons (Fsp3) is 0.429. The van der Waals surface area contributed by atoms with Crippen molar-refractivity contribution < 1.29 is 24.1 Å². The number of H-pyrrole nitrogens is 1. The summed E-state index contributed by atoms with van der Waals surface area (Å²) in [5.74, 6) is 0. The van der Waals surface area contributed by atoms with Crippen molar-refractivity contribution in [2.75, 3.05) is 19.8 Å². The third kappa shape index (κ3) is 5.90. The average molecular weight is 541 g/mol. The number of aromatic nitrogens is 2. The maximum absolute atomic E-state index is 12.6. The van der Waals surface area contributed by atoms with Gasteiger partial charge in [0.2, 0.25) is 0 Å². The smallest absolute Gasteiger partial charge is 0.330 e. The van der Waals surface area contributed by atoms with E-state index in [9.17, 15) is 19.8 Å². The number of aromatic amines is 1. The van der Waals surface area contributed by atoms with Gasteiger partial charge in [0.1, 0.15) is 18.3 Å². The van der Waals surface area contributed by atoms with Crippen molar-refractivity contribution >= 4 is 18.7 Å². The number of nitrogens with one attached hydrogen (secondary N) is 1. The van der Waals surface area contributed by atoms with E-state index in [-0.39, 0.29) is 19.8 Å². The summed E-state index contributed by atoms with van der Waals surface area (Å²) >= 11 is 0. The highest BCUT2D eigenvalue weighted by Gasteiger charge is 2.48. The van der Waals surface area contributed by atoms with E-state index in [2.05, 4.69) is 36.2 Å². The maximum atomic E-state index is 12.6. The monoisotopic (exact) mass is 540 g/mol. The molecule has 0 radical (unpaired) electrons. The Labute approximate surface area is 222 Å². The molecule has 1 saturated heterocycles. The first-order valence-corrected chi connectivity index (χ1v) is 15.2. The van der Waals surface area contributed by atoms with E-state index in [1.54, 1.807) is 6.92 Å². The normalized spacial score (nSPS) is 21.6. The number of aliphatic hydroxyl groups is 2. The fourth-order valence-corrected chi connectivity index (χ4v) is 9.13. The number of nitrogens with zero attached hydrogens (tertiary/aromatic N) is 1. The first kappa shape index (κ1) is 28.2. The largest absolute Gasteiger partial charge is 0.405 e. The minimum Gasteiger partial charge on any atom is -0.405 e. The minimum absolute atomic E-state index is 0.0462. The van der Waals surface area contributed by atoms with Crippen LogP contribution in [0.3, 0.4) is 0 Å². The van der Waals surface area contributed by atoms with E-state index in [0.29, 0.717) is 5.56 Å². The Morgan fingerprint density at radius 2 is 1.68 bits per heavy atom. The van der Waals surface area contributed by atoms with Gasteiger partial charge in [0.15, 0.2) is 6.23 Å². The zero-order chi connectivity index (χ0) is 27.1. The predicted molar refractivity (Wildman–Crippen MR) is 146 cm³/mol. The molecule has 0 aliphatic carbocycles. The van der Waals surface area contributed by atoms with Crippen molar-refractivity contribution in [2.45, 2.75) is 57.3 Å². The summed E-state index contributed by atoms with van der Waals surface area (Å²) in [6, 6.07) is 21.2. The van der Waals surface area contributed by atoms with Crippen LogP contribution in [0.4, 0.5) is 0 Å². The molecule has 0 saturated carbocycles. The molecule has 0 amide bonds. The van der Waals surface area contributed by atoms with E-state index in [4.69, 9.17) is 13.9 Å². The second kappa shape index (κ2) is 12.8. The van der Waals surface area contributed by atoms with Crippen LogP contribution in [0.2, 0.25) is 6.04 Å². The van der Waals surface area contributed by atoms with Crippen LogP contribution in [0, 0.1) is 6.92 Å². The number of ether oxygens (including phenoxy) is 2. The average Bonchev–Trinajstić information content (AvgIpc) is 3.25. The molecular weight excluding hydrogens is 504 g/mol. The highest BCUT2D eigenvalue weighted by Crippen LogP contribution is 2.32. The van der Waals surface area contributed by atoms with Gasteiger partial charge in [-0.2, -0.15) is 0 Å². The second-order valence-corrected chi connectivity index (χ2v) is 13.2. The molecule has 0 spiro atoms. The van der Waals surface area contributed by atoms with Crippen LogP contribution in [0.15, 0.2) is 76.4 Å². The van der Waals surface area contributed by atoms with Gasteiger partial charge < -0.3 is 24.1 Å². The van der Waals surface area contributed by atoms with E-state index >= 15 is 0 Å². The minimum atomic E-state index is -2.73. The Balaban J connectivity index is 1.67. The van der Waals surface area contributed by atoms with Gasteiger partial charge in [0.05, 0.1) is 19.8 Å². The molecule has 3 N–H and O–H groups in total. The number of aryl methyl sites for hydroxylation is 1. The first-order valence-electron chi connectivity index (χ1n) is 13.0. The Hall–Kier alpha value is -2.86. The molecule has 1 aromatic heterocycles. The summed E-state index contributed by atoms with van der Waals surface area (Å²) in [5, 5.41) is 22.8. The molecule has 9 nitrogen and oxygen atoms in total. The lowest BCUT2D eigenvalue weighted by Crippen LogP contribution is -2.61. The van der Waals surface area contributed by atoms with Crippen LogP contribution < -0.4 is 21.6 Å². The van der Waals surface area contributed by atoms with Crippen molar-refractivity contribution in [3.8, 4) is 0 Å². The Morgan fingerprint density at radius 3 is 2.26 bits per heavy atom. The lowest BCUT2D eigenvalue weighted by Gasteiger charge is -2.34. The summed E-state index contributed by atoms with van der Waals surface area (Å²) in [4.78, 5) is 26.8. The molecule has 0 bridgehead atoms. The number of rotatable bonds is 12. The zero-order valence-electron chi connectivity index (χ0n) is 21.8. The molecule has 4 atom stereocenters. The van der Waals surface area contributed by atoms with Gasteiger partial charge in [-0.3, -0.25) is 14.3 Å². The van der Waals surface area contributed by atoms with Crippen LogP contribution in [0.1, 0.15) is 31.6 Å². The van der Waals surface area contributed by atoms with Gasteiger partial charge in [-0.15, -0.1) is 0 Å². The van der Waals surface area contributed by atoms with Gasteiger partial charge in [-0.25, -0.2) is 4.79 Å². The number of hydrogen-bond acceptors (Lipinski definition) is 7. The summed E-state index contributed by atoms with van der Waals surface area (Å²) in [7, 11) is -2.73. The molecule has 4 rings (SSSR count). The molecule has 10 heteroatoms. The molecule has 38 heavy (non-hydrogen) atoms. The predicted octanol–water partition coefficient (Wildman–Crippen LogP) is 1.06. The molecule has 1 aliphatic rings. The van der Waals surface area contributed by atoms with Crippen LogP contribution in [-0.2, 0) is 13.9 Å². The van der Waals surface area contributed by atoms with E-state index in [1.165, 1.54) is 10.8 Å². The number of aliphatic hydroxyl groups excluding tert-OH is 2. The summed E-state index contributed by atoms with van der Waals surface area (Å²) in [5.41, 5.74) is -0.838. The highest BCUT2D eigenvalue weighted by atomic mass is 28.4. The molecule has 1 aliphatic heterocycles. The first-order chi connectivity index (χ1) is 18.4. The SMILES string of the molecule is CCCC[Si](OC[C@H]1O[C@@H](n2cc(C)c(=O)[nH]c2=O)[C@H](OCCO)[C@@H]1O)(c1ccccc1)c1ccccc1. The van der Waals surface area contributed by atoms with Crippen LogP contribution in [0.5, 0.6) is 0 Å². The van der Waals surface area contributed by atoms with Crippen LogP contribution in [0.25, 0.3) is 0 Å². The van der Waals surface area contributed by atoms with Crippen LogP contribution in [-0.4, -0.2) is 66.2 Å². The van der Waals surface area contributed by atoms with E-state index in [0.717, 1.165) is 29.3 Å². The summed E-state index contributed by atoms with van der Waals surface area (Å²) < 4.78 is 20.0. The van der Waals surface area contributed by atoms with Crippen molar-refractivity contribution in [3.63, 3.8) is 0 Å². The van der Waals surface area contributed by atoms with E-state index < -0.39 is 44.1 Å². The standard InChI is InChI=1S/C28H36N2O7Si/c1-3-4-17-38(21-11-7-5-8-12-21,22-13-9-6-10-14-22)36-19-23-24(32)25(35-16-15-31)27(37-23)30-18-20(2)26(33)29-28(30)34/h5-14,18,23-25,27,31-32H,3-4,15-17,19H2,1-2H3,(H,29,33,34)/t23-,24-,25-,27-/m1/s1. The van der Waals surface area contributed by atoms with Crippen molar-refractivity contribution in [1.82, 2.24) is 9.55 Å². The molecule has 204 valence electrons. The third-order valence-corrected chi connectivity index (χ3v) is 11.2. The Morgan fingerprint density at radius 1 is 1.05 bits per heavy atom. The number of unbranched alkanes of at least 4 members (excludes halogenated alkanes) is 1. The van der Waals surface area contributed by atoms with Crippen LogP contribution >= 0.6 is 0 Å². The summed E-state index contributed by atoms with van der Waals surface area (Å²) in [6.07, 6.45) is -0.508. The highest BCUT2D eigenvalue weighted by molar-refractivity contribution is 6.97. The zero-order valence-corrected chi connectivity index (χ0v) is 22.8. The molecule has 0 unspecified atom stereocenters. The quantitative estimate of drug-likeness (QED) is 0.294. The van der Waals surface area contributed by atoms with Crippen molar-refractivity contribution in [2.24, 2.45) is 0 Å². The second-order valence-electron chi connectivity index (χ2n) is 9.57. The van der Waals surface area contributed by atoms with Gasteiger partial charge in [-0.1, -0.05) is 80.4 Å². The van der Waals surface area contributed by atoms with E-state index in [1.807, 2.05) is 36.4 Å². The lowest BCUT2D eigenvalue weighted by molar-refractivity contribution is -0.0791. The van der Waals surface area contributed by atoms with Gasteiger partial charge >= 0.3 is 5.69 Å². The molecule has 2 heterocycles. The lowest BCUT2D eigenvalue weighted by atomic mass is 10.1. The maximum Gasteiger partial charge on any atom is 0.330 e. The number of hydrogen-bond donors (Lipinski definition) is 3. The van der Waals surface area contributed by atoms with Gasteiger partial charge in [-0.05, 0) is 23.3 Å². The van der Waals surface area contributed by atoms with Gasteiger partial charge in [0.25, 0.3) is 13.9 Å². The molecular formula is C28H36N2O7Si. The Kier molecular flexibility index (Phi) is 9.48. The molecule has 1 fully saturated rings. The topological polar surface area (TPSA) is 123 Å².